The van der Waals surface area contributed by atoms with Crippen LogP contribution in [0.4, 0.5) is 0 Å². The molecule has 2 heterocycles. The molecule has 1 aromatic rings. The lowest BCUT2D eigenvalue weighted by Crippen LogP contribution is -2.60. The summed E-state index contributed by atoms with van der Waals surface area (Å²) in [5, 5.41) is 37.6. The summed E-state index contributed by atoms with van der Waals surface area (Å²) in [5.74, 6) is -2.43. The fraction of sp³-hybridized carbons (Fsp3) is 0.444. The number of hydrogen-bond donors (Lipinski definition) is 1. The molecule has 2 fully saturated rings. The van der Waals surface area contributed by atoms with Gasteiger partial charge in [0, 0.05) is 5.56 Å². The van der Waals surface area contributed by atoms with Gasteiger partial charge in [-0.25, -0.2) is 0 Å². The van der Waals surface area contributed by atoms with Crippen LogP contribution in [0.2, 0.25) is 0 Å². The Morgan fingerprint density at radius 3 is 2.12 bits per heavy atom. The second-order valence-electron chi connectivity index (χ2n) is 6.40. The van der Waals surface area contributed by atoms with Gasteiger partial charge in [0.15, 0.2) is 10.8 Å². The minimum absolute atomic E-state index is 0.384. The van der Waals surface area contributed by atoms with Gasteiger partial charge in [0.05, 0.1) is 30.2 Å². The summed E-state index contributed by atoms with van der Waals surface area (Å²) >= 11 is 0. The maximum Gasteiger partial charge on any atom is 0.243 e. The maximum atomic E-state index is 9.90. The lowest BCUT2D eigenvalue weighted by molar-refractivity contribution is -0.281. The molecule has 0 aliphatic carbocycles. The van der Waals surface area contributed by atoms with Crippen LogP contribution in [0.15, 0.2) is 24.3 Å². The van der Waals surface area contributed by atoms with E-state index >= 15 is 0 Å². The number of aryl methyl sites for hydroxylation is 1. The first-order valence-electron chi connectivity index (χ1n) is 7.61. The zero-order valence-electron chi connectivity index (χ0n) is 13.6. The van der Waals surface area contributed by atoms with Gasteiger partial charge in [-0.3, -0.25) is 5.41 Å². The molecule has 0 spiro atoms. The molecule has 0 radical (unpaired) electrons. The van der Waals surface area contributed by atoms with E-state index in [1.54, 1.807) is 13.8 Å². The Morgan fingerprint density at radius 1 is 1.04 bits per heavy atom. The van der Waals surface area contributed by atoms with Gasteiger partial charge in [-0.15, -0.1) is 0 Å². The zero-order chi connectivity index (χ0) is 17.8. The van der Waals surface area contributed by atoms with Crippen LogP contribution in [0, 0.1) is 63.1 Å². The van der Waals surface area contributed by atoms with Crippen LogP contribution in [0.1, 0.15) is 25.0 Å². The molecule has 0 saturated carbocycles. The first-order chi connectivity index (χ1) is 11.3. The third-order valence-electron chi connectivity index (χ3n) is 5.40. The lowest BCUT2D eigenvalue weighted by Gasteiger charge is -2.47. The Balaban J connectivity index is 2.29. The van der Waals surface area contributed by atoms with Crippen molar-refractivity contribution >= 4 is 5.90 Å². The molecular weight excluding hydrogens is 304 g/mol. The van der Waals surface area contributed by atoms with Gasteiger partial charge in [-0.05, 0) is 13.8 Å². The Bertz CT molecular complexity index is 828. The van der Waals surface area contributed by atoms with Crippen molar-refractivity contribution in [1.82, 2.24) is 0 Å². The predicted octanol–water partition coefficient (Wildman–Crippen LogP) is 2.75. The summed E-state index contributed by atoms with van der Waals surface area (Å²) in [6.07, 6.45) is -0.896. The summed E-state index contributed by atoms with van der Waals surface area (Å²) < 4.78 is 11.8. The van der Waals surface area contributed by atoms with E-state index < -0.39 is 28.6 Å². The predicted molar refractivity (Wildman–Crippen MR) is 83.1 cm³/mol. The first kappa shape index (κ1) is 16.0. The van der Waals surface area contributed by atoms with Crippen molar-refractivity contribution in [2.24, 2.45) is 16.7 Å². The van der Waals surface area contributed by atoms with Crippen molar-refractivity contribution in [2.75, 3.05) is 0 Å². The van der Waals surface area contributed by atoms with Gasteiger partial charge in [0.1, 0.15) is 0 Å². The zero-order valence-corrected chi connectivity index (χ0v) is 13.6. The molecule has 2 aliphatic rings. The van der Waals surface area contributed by atoms with Crippen molar-refractivity contribution in [2.45, 2.75) is 32.7 Å². The van der Waals surface area contributed by atoms with Gasteiger partial charge < -0.3 is 9.47 Å². The van der Waals surface area contributed by atoms with Crippen LogP contribution in [0.25, 0.3) is 0 Å². The largest absolute Gasteiger partial charge is 0.443 e. The highest BCUT2D eigenvalue weighted by molar-refractivity contribution is 5.89. The van der Waals surface area contributed by atoms with E-state index in [0.717, 1.165) is 5.56 Å². The van der Waals surface area contributed by atoms with Crippen LogP contribution in [0.5, 0.6) is 0 Å². The highest BCUT2D eigenvalue weighted by Gasteiger charge is 2.78. The second-order valence-corrected chi connectivity index (χ2v) is 6.40. The monoisotopic (exact) mass is 320 g/mol. The molecule has 4 atom stereocenters. The lowest BCUT2D eigenvalue weighted by atomic mass is 9.54. The van der Waals surface area contributed by atoms with Crippen LogP contribution < -0.4 is 0 Å². The molecule has 0 aromatic heterocycles. The number of rotatable bonds is 1. The molecule has 6 heteroatoms. The van der Waals surface area contributed by atoms with Crippen LogP contribution in [0.3, 0.4) is 0 Å². The summed E-state index contributed by atoms with van der Waals surface area (Å²) in [5.41, 5.74) is -1.77. The fourth-order valence-electron chi connectivity index (χ4n) is 3.90. The molecule has 1 N–H and O–H groups in total. The molecule has 2 aliphatic heterocycles. The number of hydrogen-bond acceptors (Lipinski definition) is 6. The normalized spacial score (nSPS) is 36.1. The SMILES string of the molecule is Cc1ccc(C23OC(=N)C(C#N)(C2C)C(C#N)(C#N)C(C)O3)cc1. The van der Waals surface area contributed by atoms with E-state index in [1.165, 1.54) is 0 Å². The minimum atomic E-state index is -1.80. The van der Waals surface area contributed by atoms with Gasteiger partial charge >= 0.3 is 0 Å². The van der Waals surface area contributed by atoms with Crippen LogP contribution in [-0.2, 0) is 15.3 Å². The molecule has 1 aromatic carbocycles. The van der Waals surface area contributed by atoms with Gasteiger partial charge in [0.2, 0.25) is 11.7 Å². The summed E-state index contributed by atoms with van der Waals surface area (Å²) in [4.78, 5) is 0. The number of nitrogens with zero attached hydrogens (tertiary/aromatic N) is 3. The number of nitriles is 3. The topological polar surface area (TPSA) is 114 Å². The average Bonchev–Trinajstić information content (AvgIpc) is 2.74. The third-order valence-corrected chi connectivity index (χ3v) is 5.40. The third kappa shape index (κ3) is 1.48. The number of nitrogens with one attached hydrogen (secondary N) is 1. The smallest absolute Gasteiger partial charge is 0.243 e. The number of ether oxygens (including phenoxy) is 2. The van der Waals surface area contributed by atoms with E-state index in [2.05, 4.69) is 6.07 Å². The van der Waals surface area contributed by atoms with Crippen molar-refractivity contribution in [3.8, 4) is 18.2 Å². The Labute approximate surface area is 140 Å². The second kappa shape index (κ2) is 4.81. The molecule has 2 saturated heterocycles. The van der Waals surface area contributed by atoms with Crippen LogP contribution in [-0.4, -0.2) is 12.0 Å². The van der Waals surface area contributed by atoms with Crippen molar-refractivity contribution in [3.63, 3.8) is 0 Å². The van der Waals surface area contributed by atoms with E-state index in [0.29, 0.717) is 5.56 Å². The van der Waals surface area contributed by atoms with E-state index in [4.69, 9.17) is 14.9 Å². The van der Waals surface area contributed by atoms with Crippen molar-refractivity contribution in [3.05, 3.63) is 35.4 Å². The molecule has 2 bridgehead atoms. The van der Waals surface area contributed by atoms with Crippen LogP contribution >= 0.6 is 0 Å². The van der Waals surface area contributed by atoms with Crippen molar-refractivity contribution in [1.29, 1.82) is 21.2 Å². The maximum absolute atomic E-state index is 9.90. The highest BCUT2D eigenvalue weighted by atomic mass is 16.7. The van der Waals surface area contributed by atoms with E-state index in [1.807, 2.05) is 43.3 Å². The number of benzene rings is 1. The molecule has 0 amide bonds. The van der Waals surface area contributed by atoms with Gasteiger partial charge in [0.25, 0.3) is 0 Å². The molecule has 3 rings (SSSR count). The van der Waals surface area contributed by atoms with E-state index in [9.17, 15) is 15.8 Å². The first-order valence-corrected chi connectivity index (χ1v) is 7.61. The quantitative estimate of drug-likeness (QED) is 0.854. The molecule has 6 nitrogen and oxygen atoms in total. The summed E-state index contributed by atoms with van der Waals surface area (Å²) in [6, 6.07) is 13.4. The average molecular weight is 320 g/mol. The summed E-state index contributed by atoms with van der Waals surface area (Å²) in [6.45, 7) is 5.22. The Morgan fingerprint density at radius 2 is 1.62 bits per heavy atom. The highest BCUT2D eigenvalue weighted by Crippen LogP contribution is 2.65. The Kier molecular flexibility index (Phi) is 3.20. The van der Waals surface area contributed by atoms with Gasteiger partial charge in [-0.2, -0.15) is 15.8 Å². The Hall–Kier alpha value is -2.88. The number of fused-ring (bicyclic) bond motifs is 2. The molecule has 24 heavy (non-hydrogen) atoms. The van der Waals surface area contributed by atoms with Crippen molar-refractivity contribution < 1.29 is 9.47 Å². The van der Waals surface area contributed by atoms with E-state index in [-0.39, 0.29) is 5.90 Å². The van der Waals surface area contributed by atoms with Gasteiger partial charge in [-0.1, -0.05) is 36.8 Å². The molecule has 4 unspecified atom stereocenters. The molecule has 120 valence electrons. The minimum Gasteiger partial charge on any atom is -0.443 e. The summed E-state index contributed by atoms with van der Waals surface area (Å²) in [7, 11) is 0. The molecular formula is C18H16N4O2. The standard InChI is InChI=1S/C18H16N4O2/c1-11-4-6-14(7-5-11)18-12(2)17(10-21,15(22)24-18)16(8-19,9-20)13(3)23-18/h4-7,12-13,22H,1-3H3. The fourth-order valence-corrected chi connectivity index (χ4v) is 3.90.